The van der Waals surface area contributed by atoms with Crippen molar-refractivity contribution >= 4 is 0 Å². The third-order valence-corrected chi connectivity index (χ3v) is 3.07. The first-order valence-corrected chi connectivity index (χ1v) is 5.16. The van der Waals surface area contributed by atoms with Gasteiger partial charge in [-0.2, -0.15) is 0 Å². The van der Waals surface area contributed by atoms with Crippen molar-refractivity contribution in [3.05, 3.63) is 36.1 Å². The van der Waals surface area contributed by atoms with E-state index in [1.165, 1.54) is 18.4 Å². The van der Waals surface area contributed by atoms with Gasteiger partial charge in [0.25, 0.3) is 0 Å². The van der Waals surface area contributed by atoms with E-state index in [1.807, 2.05) is 0 Å². The Balaban J connectivity index is 2.86. The minimum atomic E-state index is 0.138. The van der Waals surface area contributed by atoms with Gasteiger partial charge in [-0.05, 0) is 31.3 Å². The Morgan fingerprint density at radius 2 is 2.29 bits per heavy atom. The first-order chi connectivity index (χ1) is 6.43. The van der Waals surface area contributed by atoms with Gasteiger partial charge >= 0.3 is 0 Å². The number of aliphatic hydroxyl groups is 1. The quantitative estimate of drug-likeness (QED) is 0.398. The molecule has 0 saturated carbocycles. The normalized spacial score (nSPS) is 26.2. The molecule has 0 aromatic heterocycles. The Morgan fingerprint density at radius 1 is 1.64 bits per heavy atom. The second-order valence-corrected chi connectivity index (χ2v) is 4.80. The summed E-state index contributed by atoms with van der Waals surface area (Å²) in [7, 11) is 0. The summed E-state index contributed by atoms with van der Waals surface area (Å²) in [5.74, 6) is 0.569. The van der Waals surface area contributed by atoms with Crippen molar-refractivity contribution in [3.8, 4) is 0 Å². The lowest BCUT2D eigenvalue weighted by Gasteiger charge is -2.36. The lowest BCUT2D eigenvalue weighted by Crippen LogP contribution is -2.26. The smallest absolute Gasteiger partial charge is 0.108 e. The predicted molar refractivity (Wildman–Crippen MR) is 61.2 cm³/mol. The Bertz CT molecular complexity index is 282. The van der Waals surface area contributed by atoms with Gasteiger partial charge in [-0.1, -0.05) is 38.2 Å². The molecule has 1 aliphatic rings. The molecule has 0 aromatic carbocycles. The Hall–Kier alpha value is -0.980. The minimum absolute atomic E-state index is 0.138. The lowest BCUT2D eigenvalue weighted by atomic mass is 9.68. The van der Waals surface area contributed by atoms with Gasteiger partial charge in [0.05, 0.1) is 0 Å². The fourth-order valence-electron chi connectivity index (χ4n) is 2.19. The number of rotatable bonds is 2. The molecule has 0 aliphatic heterocycles. The first-order valence-electron chi connectivity index (χ1n) is 5.16. The van der Waals surface area contributed by atoms with Crippen molar-refractivity contribution in [3.63, 3.8) is 0 Å². The Labute approximate surface area is 86.8 Å². The molecule has 0 fully saturated rings. The van der Waals surface area contributed by atoms with Gasteiger partial charge in [-0.15, -0.1) is 0 Å². The van der Waals surface area contributed by atoms with Gasteiger partial charge < -0.3 is 5.11 Å². The van der Waals surface area contributed by atoms with E-state index >= 15 is 0 Å². The second kappa shape index (κ2) is 4.04. The predicted octanol–water partition coefficient (Wildman–Crippen LogP) is 4.00. The van der Waals surface area contributed by atoms with Crippen LogP contribution in [-0.4, -0.2) is 5.11 Å². The molecule has 0 radical (unpaired) electrons. The fourth-order valence-corrected chi connectivity index (χ4v) is 2.19. The van der Waals surface area contributed by atoms with Crippen LogP contribution >= 0.6 is 0 Å². The third-order valence-electron chi connectivity index (χ3n) is 3.07. The molecule has 1 rings (SSSR count). The molecule has 1 unspecified atom stereocenters. The highest BCUT2D eigenvalue weighted by molar-refractivity contribution is 5.21. The van der Waals surface area contributed by atoms with Crippen LogP contribution in [0.2, 0.25) is 0 Å². The molecule has 0 aromatic rings. The molecular weight excluding hydrogens is 172 g/mol. The zero-order chi connectivity index (χ0) is 10.8. The van der Waals surface area contributed by atoms with E-state index in [4.69, 9.17) is 5.11 Å². The molecule has 0 saturated heterocycles. The average molecular weight is 192 g/mol. The van der Waals surface area contributed by atoms with Crippen LogP contribution in [0.1, 0.15) is 33.6 Å². The number of allylic oxidation sites excluding steroid dienone is 4. The zero-order valence-corrected chi connectivity index (χ0v) is 9.38. The topological polar surface area (TPSA) is 20.2 Å². The van der Waals surface area contributed by atoms with Crippen molar-refractivity contribution in [1.29, 1.82) is 0 Å². The van der Waals surface area contributed by atoms with Crippen LogP contribution in [0.3, 0.4) is 0 Å². The van der Waals surface area contributed by atoms with Crippen molar-refractivity contribution in [2.75, 3.05) is 0 Å². The highest BCUT2D eigenvalue weighted by Crippen LogP contribution is 2.41. The van der Waals surface area contributed by atoms with Crippen LogP contribution in [0.15, 0.2) is 36.1 Å². The van der Waals surface area contributed by atoms with Crippen LogP contribution in [0.25, 0.3) is 0 Å². The Kier molecular flexibility index (Phi) is 3.20. The molecule has 14 heavy (non-hydrogen) atoms. The van der Waals surface area contributed by atoms with E-state index < -0.39 is 0 Å². The van der Waals surface area contributed by atoms with Crippen molar-refractivity contribution in [2.45, 2.75) is 33.6 Å². The van der Waals surface area contributed by atoms with Crippen LogP contribution in [0.5, 0.6) is 0 Å². The maximum Gasteiger partial charge on any atom is 0.108 e. The fraction of sp³-hybridized carbons (Fsp3) is 0.538. The molecule has 1 heteroatoms. The van der Waals surface area contributed by atoms with Gasteiger partial charge in [-0.3, -0.25) is 0 Å². The SMILES string of the molecule is C=C(O)/C=C/C1C(C)=CCCC1(C)C. The zero-order valence-electron chi connectivity index (χ0n) is 9.38. The van der Waals surface area contributed by atoms with Gasteiger partial charge in [0.1, 0.15) is 5.76 Å². The summed E-state index contributed by atoms with van der Waals surface area (Å²) < 4.78 is 0. The van der Waals surface area contributed by atoms with Crippen molar-refractivity contribution in [2.24, 2.45) is 11.3 Å². The summed E-state index contributed by atoms with van der Waals surface area (Å²) in [6.45, 7) is 10.2. The largest absolute Gasteiger partial charge is 0.509 e. The second-order valence-electron chi connectivity index (χ2n) is 4.80. The highest BCUT2D eigenvalue weighted by Gasteiger charge is 2.30. The molecule has 0 spiro atoms. The molecule has 1 nitrogen and oxygen atoms in total. The number of hydrogen-bond acceptors (Lipinski definition) is 1. The summed E-state index contributed by atoms with van der Waals surface area (Å²) in [5, 5.41) is 9.04. The van der Waals surface area contributed by atoms with E-state index in [1.54, 1.807) is 6.08 Å². The first kappa shape index (κ1) is 11.1. The third kappa shape index (κ3) is 2.50. The van der Waals surface area contributed by atoms with E-state index in [0.29, 0.717) is 11.3 Å². The van der Waals surface area contributed by atoms with Crippen LogP contribution < -0.4 is 0 Å². The van der Waals surface area contributed by atoms with E-state index in [0.717, 1.165) is 0 Å². The summed E-state index contributed by atoms with van der Waals surface area (Å²) in [6.07, 6.45) is 8.43. The minimum Gasteiger partial charge on any atom is -0.509 e. The molecule has 78 valence electrons. The summed E-state index contributed by atoms with van der Waals surface area (Å²) in [4.78, 5) is 0. The van der Waals surface area contributed by atoms with Crippen molar-refractivity contribution < 1.29 is 5.11 Å². The summed E-state index contributed by atoms with van der Waals surface area (Å²) in [6, 6.07) is 0. The number of aliphatic hydroxyl groups excluding tert-OH is 1. The summed E-state index contributed by atoms with van der Waals surface area (Å²) in [5.41, 5.74) is 1.70. The molecule has 0 amide bonds. The molecule has 1 aliphatic carbocycles. The molecule has 1 N–H and O–H groups in total. The van der Waals surface area contributed by atoms with E-state index in [2.05, 4.69) is 39.5 Å². The van der Waals surface area contributed by atoms with Crippen molar-refractivity contribution in [1.82, 2.24) is 0 Å². The van der Waals surface area contributed by atoms with E-state index in [-0.39, 0.29) is 5.76 Å². The summed E-state index contributed by atoms with van der Waals surface area (Å²) >= 11 is 0. The van der Waals surface area contributed by atoms with Crippen LogP contribution in [0, 0.1) is 11.3 Å². The van der Waals surface area contributed by atoms with E-state index in [9.17, 15) is 0 Å². The molecular formula is C13H20O. The van der Waals surface area contributed by atoms with Crippen LogP contribution in [-0.2, 0) is 0 Å². The van der Waals surface area contributed by atoms with Crippen LogP contribution in [0.4, 0.5) is 0 Å². The molecule has 1 atom stereocenters. The highest BCUT2D eigenvalue weighted by atomic mass is 16.3. The average Bonchev–Trinajstić information content (AvgIpc) is 2.01. The number of hydrogen-bond donors (Lipinski definition) is 1. The maximum absolute atomic E-state index is 9.04. The molecule has 0 heterocycles. The van der Waals surface area contributed by atoms with Gasteiger partial charge in [0.15, 0.2) is 0 Å². The lowest BCUT2D eigenvalue weighted by molar-refractivity contribution is 0.255. The Morgan fingerprint density at radius 3 is 2.79 bits per heavy atom. The van der Waals surface area contributed by atoms with Gasteiger partial charge in [-0.25, -0.2) is 0 Å². The van der Waals surface area contributed by atoms with Gasteiger partial charge in [0, 0.05) is 5.92 Å². The monoisotopic (exact) mass is 192 g/mol. The maximum atomic E-state index is 9.04. The standard InChI is InChI=1S/C13H20O/c1-10-6-5-9-13(3,4)12(10)8-7-11(2)14/h6-8,12,14H,2,5,9H2,1,3-4H3/b8-7+. The molecule has 0 bridgehead atoms. The van der Waals surface area contributed by atoms with Gasteiger partial charge in [0.2, 0.25) is 0 Å².